The molecular weight excluding hydrogens is 354 g/mol. The summed E-state index contributed by atoms with van der Waals surface area (Å²) in [5, 5.41) is 10.6. The summed E-state index contributed by atoms with van der Waals surface area (Å²) in [6.07, 6.45) is 0.844. The number of ether oxygens (including phenoxy) is 1. The predicted octanol–water partition coefficient (Wildman–Crippen LogP) is 3.41. The first-order chi connectivity index (χ1) is 13.5. The molecule has 0 unspecified atom stereocenters. The number of methoxy groups -OCH3 is 1. The van der Waals surface area contributed by atoms with Crippen LogP contribution in [0.1, 0.15) is 29.4 Å². The van der Waals surface area contributed by atoms with Crippen molar-refractivity contribution in [3.8, 4) is 22.5 Å². The van der Waals surface area contributed by atoms with Crippen LogP contribution in [0.15, 0.2) is 35.1 Å². The van der Waals surface area contributed by atoms with Crippen molar-refractivity contribution in [2.75, 3.05) is 7.11 Å². The highest BCUT2D eigenvalue weighted by atomic mass is 16.5. The first-order valence-corrected chi connectivity index (χ1v) is 9.28. The molecule has 0 atom stereocenters. The van der Waals surface area contributed by atoms with Crippen LogP contribution in [0.25, 0.3) is 28.2 Å². The van der Waals surface area contributed by atoms with Crippen LogP contribution in [0.2, 0.25) is 0 Å². The van der Waals surface area contributed by atoms with Gasteiger partial charge >= 0.3 is 0 Å². The third-order valence-corrected chi connectivity index (χ3v) is 5.03. The number of hydrogen-bond donors (Lipinski definition) is 2. The lowest BCUT2D eigenvalue weighted by Crippen LogP contribution is -2.14. The number of aryl methyl sites for hydroxylation is 2. The van der Waals surface area contributed by atoms with E-state index in [1.54, 1.807) is 7.11 Å². The van der Waals surface area contributed by atoms with Crippen LogP contribution < -0.4 is 5.56 Å². The van der Waals surface area contributed by atoms with Crippen LogP contribution in [0, 0.1) is 13.8 Å². The van der Waals surface area contributed by atoms with E-state index in [0.29, 0.717) is 23.6 Å². The van der Waals surface area contributed by atoms with Gasteiger partial charge in [-0.1, -0.05) is 36.8 Å². The molecule has 2 N–H and O–H groups in total. The highest BCUT2D eigenvalue weighted by Crippen LogP contribution is 2.29. The van der Waals surface area contributed by atoms with E-state index >= 15 is 0 Å². The van der Waals surface area contributed by atoms with Crippen molar-refractivity contribution in [2.24, 2.45) is 0 Å². The van der Waals surface area contributed by atoms with Crippen molar-refractivity contribution in [1.29, 1.82) is 0 Å². The molecule has 0 bridgehead atoms. The van der Waals surface area contributed by atoms with Gasteiger partial charge in [0, 0.05) is 24.4 Å². The predicted molar refractivity (Wildman–Crippen MR) is 108 cm³/mol. The molecule has 0 aliphatic carbocycles. The Morgan fingerprint density at radius 2 is 1.89 bits per heavy atom. The smallest absolute Gasteiger partial charge is 0.273 e. The van der Waals surface area contributed by atoms with Gasteiger partial charge in [-0.25, -0.2) is 9.50 Å². The Balaban J connectivity index is 1.99. The molecule has 1 aromatic carbocycles. The molecule has 0 amide bonds. The summed E-state index contributed by atoms with van der Waals surface area (Å²) in [6.45, 7) is 6.45. The average Bonchev–Trinajstić information content (AvgIpc) is 3.23. The maximum atomic E-state index is 12.8. The van der Waals surface area contributed by atoms with Crippen LogP contribution >= 0.6 is 0 Å². The fourth-order valence-electron chi connectivity index (χ4n) is 3.51. The lowest BCUT2D eigenvalue weighted by molar-refractivity contribution is 0.181. The van der Waals surface area contributed by atoms with Gasteiger partial charge in [0.2, 0.25) is 0 Å². The van der Waals surface area contributed by atoms with E-state index in [2.05, 4.69) is 22.2 Å². The normalized spacial score (nSPS) is 11.4. The SMILES string of the molecule is CCc1[nH]nc(-c2cc(=O)n3[nH]c(COC)c(-c4ccc(C)cc4)c3n2)c1C. The summed E-state index contributed by atoms with van der Waals surface area (Å²) in [7, 11) is 1.63. The molecule has 28 heavy (non-hydrogen) atoms. The van der Waals surface area contributed by atoms with Gasteiger partial charge in [0.15, 0.2) is 5.65 Å². The minimum Gasteiger partial charge on any atom is -0.378 e. The Kier molecular flexibility index (Phi) is 4.60. The van der Waals surface area contributed by atoms with E-state index in [0.717, 1.165) is 34.5 Å². The molecule has 3 heterocycles. The zero-order chi connectivity index (χ0) is 19.8. The van der Waals surface area contributed by atoms with Crippen LogP contribution in [0.4, 0.5) is 0 Å². The molecule has 0 spiro atoms. The molecule has 0 aliphatic heterocycles. The van der Waals surface area contributed by atoms with Crippen molar-refractivity contribution >= 4 is 5.65 Å². The Bertz CT molecular complexity index is 1200. The minimum absolute atomic E-state index is 0.184. The number of fused-ring (bicyclic) bond motifs is 1. The molecular formula is C21H23N5O2. The Morgan fingerprint density at radius 1 is 1.14 bits per heavy atom. The summed E-state index contributed by atoms with van der Waals surface area (Å²) in [4.78, 5) is 17.6. The van der Waals surface area contributed by atoms with Gasteiger partial charge in [-0.2, -0.15) is 5.10 Å². The number of benzene rings is 1. The zero-order valence-electron chi connectivity index (χ0n) is 16.5. The second-order valence-electron chi connectivity index (χ2n) is 6.93. The van der Waals surface area contributed by atoms with E-state index in [4.69, 9.17) is 9.72 Å². The van der Waals surface area contributed by atoms with Crippen molar-refractivity contribution < 1.29 is 4.74 Å². The molecule has 0 aliphatic rings. The van der Waals surface area contributed by atoms with Gasteiger partial charge in [-0.3, -0.25) is 15.0 Å². The molecule has 144 valence electrons. The quantitative estimate of drug-likeness (QED) is 0.558. The fourth-order valence-corrected chi connectivity index (χ4v) is 3.51. The van der Waals surface area contributed by atoms with Crippen molar-refractivity contribution in [2.45, 2.75) is 33.8 Å². The minimum atomic E-state index is -0.184. The Hall–Kier alpha value is -3.19. The highest BCUT2D eigenvalue weighted by Gasteiger charge is 2.19. The number of nitrogens with one attached hydrogen (secondary N) is 2. The number of aromatic nitrogens is 5. The van der Waals surface area contributed by atoms with Crippen molar-refractivity contribution in [3.05, 3.63) is 63.2 Å². The van der Waals surface area contributed by atoms with Gasteiger partial charge in [0.1, 0.15) is 5.69 Å². The Morgan fingerprint density at radius 3 is 2.54 bits per heavy atom. The summed E-state index contributed by atoms with van der Waals surface area (Å²) in [5.74, 6) is 0. The second kappa shape index (κ2) is 7.09. The van der Waals surface area contributed by atoms with Crippen LogP contribution in [0.3, 0.4) is 0 Å². The summed E-state index contributed by atoms with van der Waals surface area (Å²) in [6, 6.07) is 9.67. The lowest BCUT2D eigenvalue weighted by atomic mass is 10.0. The van der Waals surface area contributed by atoms with E-state index in [1.165, 1.54) is 16.1 Å². The summed E-state index contributed by atoms with van der Waals surface area (Å²) >= 11 is 0. The average molecular weight is 377 g/mol. The van der Waals surface area contributed by atoms with Gasteiger partial charge in [-0.05, 0) is 31.4 Å². The van der Waals surface area contributed by atoms with E-state index in [1.807, 2.05) is 38.1 Å². The molecule has 7 heteroatoms. The van der Waals surface area contributed by atoms with Gasteiger partial charge in [0.05, 0.1) is 18.0 Å². The zero-order valence-corrected chi connectivity index (χ0v) is 16.5. The van der Waals surface area contributed by atoms with Gasteiger partial charge in [0.25, 0.3) is 5.56 Å². The number of H-pyrrole nitrogens is 2. The lowest BCUT2D eigenvalue weighted by Gasteiger charge is -2.05. The van der Waals surface area contributed by atoms with E-state index in [9.17, 15) is 4.79 Å². The van der Waals surface area contributed by atoms with Crippen molar-refractivity contribution in [1.82, 2.24) is 24.8 Å². The summed E-state index contributed by atoms with van der Waals surface area (Å²) < 4.78 is 6.81. The van der Waals surface area contributed by atoms with Crippen LogP contribution in [-0.2, 0) is 17.8 Å². The molecule has 0 saturated carbocycles. The topological polar surface area (TPSA) is 88.1 Å². The largest absolute Gasteiger partial charge is 0.378 e. The van der Waals surface area contributed by atoms with E-state index < -0.39 is 0 Å². The van der Waals surface area contributed by atoms with Gasteiger partial charge in [-0.15, -0.1) is 0 Å². The molecule has 7 nitrogen and oxygen atoms in total. The first-order valence-electron chi connectivity index (χ1n) is 9.28. The second-order valence-corrected chi connectivity index (χ2v) is 6.93. The van der Waals surface area contributed by atoms with Crippen molar-refractivity contribution in [3.63, 3.8) is 0 Å². The monoisotopic (exact) mass is 377 g/mol. The maximum Gasteiger partial charge on any atom is 0.273 e. The number of rotatable bonds is 5. The standard InChI is InChI=1S/C21H23N5O2/c1-5-15-13(3)20(24-23-15)16-10-18(27)26-21(22-16)19(17(25-26)11-28-4)14-8-6-12(2)7-9-14/h6-10,25H,5,11H2,1-4H3,(H,23,24). The molecule has 0 fully saturated rings. The Labute approximate surface area is 162 Å². The van der Waals surface area contributed by atoms with Crippen LogP contribution in [0.5, 0.6) is 0 Å². The molecule has 0 saturated heterocycles. The van der Waals surface area contributed by atoms with Gasteiger partial charge < -0.3 is 4.74 Å². The number of nitrogens with zero attached hydrogens (tertiary/aromatic N) is 3. The highest BCUT2D eigenvalue weighted by molar-refractivity contribution is 5.81. The molecule has 4 aromatic rings. The summed E-state index contributed by atoms with van der Waals surface area (Å²) in [5.41, 5.74) is 7.54. The van der Waals surface area contributed by atoms with Crippen LogP contribution in [-0.4, -0.2) is 31.9 Å². The molecule has 0 radical (unpaired) electrons. The molecule has 3 aromatic heterocycles. The third-order valence-electron chi connectivity index (χ3n) is 5.03. The fraction of sp³-hybridized carbons (Fsp3) is 0.286. The molecule has 4 rings (SSSR count). The maximum absolute atomic E-state index is 12.8. The number of aromatic amines is 2. The third kappa shape index (κ3) is 2.93. The first kappa shape index (κ1) is 18.2. The van der Waals surface area contributed by atoms with E-state index in [-0.39, 0.29) is 5.56 Å². The number of hydrogen-bond acceptors (Lipinski definition) is 4.